The van der Waals surface area contributed by atoms with Crippen LogP contribution in [0.25, 0.3) is 0 Å². The van der Waals surface area contributed by atoms with E-state index >= 15 is 0 Å². The number of nitrogens with zero attached hydrogens (tertiary/aromatic N) is 3. The van der Waals surface area contributed by atoms with Crippen LogP contribution < -0.4 is 10.2 Å². The average Bonchev–Trinajstić information content (AvgIpc) is 3.60. The molecule has 0 bridgehead atoms. The topological polar surface area (TPSA) is 55.9 Å². The highest BCUT2D eigenvalue weighted by molar-refractivity contribution is 5.93. The van der Waals surface area contributed by atoms with E-state index in [1.807, 2.05) is 54.3 Å². The Morgan fingerprint density at radius 2 is 1.62 bits per heavy atom. The second-order valence-corrected chi connectivity index (χ2v) is 9.03. The molecule has 1 saturated heterocycles. The lowest BCUT2D eigenvalue weighted by Gasteiger charge is -2.41. The first-order valence-corrected chi connectivity index (χ1v) is 11.7. The summed E-state index contributed by atoms with van der Waals surface area (Å²) in [5.74, 6) is 0.151. The van der Waals surface area contributed by atoms with Gasteiger partial charge in [-0.15, -0.1) is 0 Å². The second-order valence-electron chi connectivity index (χ2n) is 9.03. The first kappa shape index (κ1) is 22.5. The summed E-state index contributed by atoms with van der Waals surface area (Å²) in [5.41, 5.74) is 3.24. The number of hydrogen-bond donors (Lipinski definition) is 1. The molecule has 1 saturated carbocycles. The molecule has 0 unspecified atom stereocenters. The van der Waals surface area contributed by atoms with Crippen LogP contribution in [0.5, 0.6) is 0 Å². The minimum atomic E-state index is -0.0469. The van der Waals surface area contributed by atoms with Crippen LogP contribution in [0, 0.1) is 0 Å². The molecule has 2 aromatic carbocycles. The third kappa shape index (κ3) is 5.37. The predicted molar refractivity (Wildman–Crippen MR) is 129 cm³/mol. The minimum Gasteiger partial charge on any atom is -0.326 e. The van der Waals surface area contributed by atoms with Crippen molar-refractivity contribution in [1.82, 2.24) is 9.80 Å². The van der Waals surface area contributed by atoms with Crippen LogP contribution in [-0.4, -0.2) is 59.9 Å². The predicted octanol–water partition coefficient (Wildman–Crippen LogP) is 3.74. The summed E-state index contributed by atoms with van der Waals surface area (Å²) in [6, 6.07) is 18.2. The Labute approximate surface area is 191 Å². The van der Waals surface area contributed by atoms with E-state index in [9.17, 15) is 9.59 Å². The van der Waals surface area contributed by atoms with Gasteiger partial charge in [0.2, 0.25) is 11.8 Å². The van der Waals surface area contributed by atoms with Gasteiger partial charge in [-0.05, 0) is 42.7 Å². The van der Waals surface area contributed by atoms with Gasteiger partial charge in [-0.2, -0.15) is 0 Å². The van der Waals surface area contributed by atoms with Gasteiger partial charge < -0.3 is 10.2 Å². The van der Waals surface area contributed by atoms with E-state index in [0.29, 0.717) is 6.42 Å². The smallest absolute Gasteiger partial charge is 0.226 e. The monoisotopic (exact) mass is 434 g/mol. The van der Waals surface area contributed by atoms with E-state index in [1.165, 1.54) is 12.5 Å². The molecule has 0 spiro atoms. The highest BCUT2D eigenvalue weighted by Crippen LogP contribution is 2.43. The van der Waals surface area contributed by atoms with Crippen LogP contribution in [0.1, 0.15) is 38.7 Å². The number of nitrogens with one attached hydrogen (secondary N) is 1. The third-order valence-corrected chi connectivity index (χ3v) is 6.67. The molecule has 1 aliphatic heterocycles. The quantitative estimate of drug-likeness (QED) is 0.688. The summed E-state index contributed by atoms with van der Waals surface area (Å²) in [6.45, 7) is 9.31. The molecule has 1 heterocycles. The molecule has 1 aliphatic carbocycles. The number of piperazine rings is 1. The molecule has 0 radical (unpaired) electrons. The molecule has 170 valence electrons. The molecule has 1 N–H and O–H groups in total. The molecule has 2 amide bonds. The number of para-hydroxylation sites is 1. The van der Waals surface area contributed by atoms with Crippen molar-refractivity contribution in [3.05, 3.63) is 60.2 Å². The number of rotatable bonds is 8. The van der Waals surface area contributed by atoms with E-state index in [0.717, 1.165) is 63.5 Å². The van der Waals surface area contributed by atoms with Gasteiger partial charge in [-0.1, -0.05) is 37.3 Å². The van der Waals surface area contributed by atoms with Crippen LogP contribution >= 0.6 is 0 Å². The van der Waals surface area contributed by atoms with E-state index in [4.69, 9.17) is 0 Å². The van der Waals surface area contributed by atoms with Gasteiger partial charge in [0.05, 0.1) is 0 Å². The van der Waals surface area contributed by atoms with Crippen molar-refractivity contribution in [1.29, 1.82) is 0 Å². The van der Waals surface area contributed by atoms with E-state index in [-0.39, 0.29) is 17.4 Å². The first-order valence-electron chi connectivity index (χ1n) is 11.7. The first-order chi connectivity index (χ1) is 15.5. The van der Waals surface area contributed by atoms with Crippen molar-refractivity contribution in [2.45, 2.75) is 45.2 Å². The maximum absolute atomic E-state index is 12.7. The molecule has 6 nitrogen and oxygen atoms in total. The van der Waals surface area contributed by atoms with Crippen LogP contribution in [0.15, 0.2) is 54.6 Å². The van der Waals surface area contributed by atoms with Crippen LogP contribution in [-0.2, 0) is 16.1 Å². The number of carbonyl (C=O) groups is 2. The Bertz CT molecular complexity index is 917. The average molecular weight is 435 g/mol. The zero-order chi connectivity index (χ0) is 22.6. The molecular formula is C26H34N4O2. The molecule has 32 heavy (non-hydrogen) atoms. The lowest BCUT2D eigenvalue weighted by Crippen LogP contribution is -2.55. The molecule has 2 aliphatic rings. The molecular weight excluding hydrogens is 400 g/mol. The van der Waals surface area contributed by atoms with Gasteiger partial charge in [0.15, 0.2) is 0 Å². The van der Waals surface area contributed by atoms with Crippen molar-refractivity contribution in [2.24, 2.45) is 0 Å². The molecule has 2 fully saturated rings. The number of carbonyl (C=O) groups excluding carboxylic acids is 2. The number of anilines is 2. The highest BCUT2D eigenvalue weighted by Gasteiger charge is 2.50. The minimum absolute atomic E-state index is 0.0469. The summed E-state index contributed by atoms with van der Waals surface area (Å²) < 4.78 is 0. The number of hydrogen-bond acceptors (Lipinski definition) is 4. The van der Waals surface area contributed by atoms with Crippen molar-refractivity contribution in [2.75, 3.05) is 42.9 Å². The van der Waals surface area contributed by atoms with Gasteiger partial charge in [-0.3, -0.25) is 19.4 Å². The maximum atomic E-state index is 12.7. The molecule has 0 aromatic heterocycles. The summed E-state index contributed by atoms with van der Waals surface area (Å²) >= 11 is 0. The highest BCUT2D eigenvalue weighted by atomic mass is 16.2. The van der Waals surface area contributed by atoms with Crippen molar-refractivity contribution >= 4 is 23.2 Å². The number of benzene rings is 2. The Morgan fingerprint density at radius 3 is 2.19 bits per heavy atom. The van der Waals surface area contributed by atoms with E-state index in [1.54, 1.807) is 0 Å². The fraction of sp³-hybridized carbons (Fsp3) is 0.462. The van der Waals surface area contributed by atoms with Crippen molar-refractivity contribution in [3.63, 3.8) is 0 Å². The second kappa shape index (κ2) is 9.84. The third-order valence-electron chi connectivity index (χ3n) is 6.67. The Kier molecular flexibility index (Phi) is 6.92. The standard InChI is InChI=1S/C26H34N4O2/c1-3-25(32)30(24-7-5-4-6-8-24)20-26(13-14-26)29-17-15-28(16-18-29)19-22-9-11-23(12-10-22)27-21(2)31/h4-12H,3,13-20H2,1-2H3,(H,27,31). The molecule has 0 atom stereocenters. The lowest BCUT2D eigenvalue weighted by molar-refractivity contribution is -0.118. The summed E-state index contributed by atoms with van der Waals surface area (Å²) in [5, 5.41) is 2.82. The lowest BCUT2D eigenvalue weighted by atomic mass is 10.1. The molecule has 2 aromatic rings. The maximum Gasteiger partial charge on any atom is 0.226 e. The van der Waals surface area contributed by atoms with Crippen LogP contribution in [0.3, 0.4) is 0 Å². The van der Waals surface area contributed by atoms with Crippen molar-refractivity contribution < 1.29 is 9.59 Å². The van der Waals surface area contributed by atoms with Crippen LogP contribution in [0.4, 0.5) is 11.4 Å². The largest absolute Gasteiger partial charge is 0.326 e. The summed E-state index contributed by atoms with van der Waals surface area (Å²) in [6.07, 6.45) is 2.86. The van der Waals surface area contributed by atoms with E-state index < -0.39 is 0 Å². The Balaban J connectivity index is 1.33. The zero-order valence-corrected chi connectivity index (χ0v) is 19.2. The van der Waals surface area contributed by atoms with Crippen molar-refractivity contribution in [3.8, 4) is 0 Å². The normalized spacial score (nSPS) is 18.2. The number of amides is 2. The van der Waals surface area contributed by atoms with Gasteiger partial charge in [0, 0.05) is 69.5 Å². The van der Waals surface area contributed by atoms with Gasteiger partial charge in [0.25, 0.3) is 0 Å². The fourth-order valence-electron chi connectivity index (χ4n) is 4.67. The SMILES string of the molecule is CCC(=O)N(CC1(N2CCN(Cc3ccc(NC(C)=O)cc3)CC2)CC1)c1ccccc1. The summed E-state index contributed by atoms with van der Waals surface area (Å²) in [7, 11) is 0. The Hall–Kier alpha value is -2.70. The van der Waals surface area contributed by atoms with E-state index in [2.05, 4.69) is 27.2 Å². The van der Waals surface area contributed by atoms with Gasteiger partial charge in [-0.25, -0.2) is 0 Å². The molecule has 4 rings (SSSR count). The summed E-state index contributed by atoms with van der Waals surface area (Å²) in [4.78, 5) is 31.0. The van der Waals surface area contributed by atoms with Gasteiger partial charge >= 0.3 is 0 Å². The fourth-order valence-corrected chi connectivity index (χ4v) is 4.67. The Morgan fingerprint density at radius 1 is 0.969 bits per heavy atom. The van der Waals surface area contributed by atoms with Crippen LogP contribution in [0.2, 0.25) is 0 Å². The van der Waals surface area contributed by atoms with Gasteiger partial charge in [0.1, 0.15) is 0 Å². The molecule has 6 heteroatoms. The zero-order valence-electron chi connectivity index (χ0n) is 19.2.